The zero-order valence-corrected chi connectivity index (χ0v) is 7.69. The highest BCUT2D eigenvalue weighted by Gasteiger charge is 2.01. The lowest BCUT2D eigenvalue weighted by Gasteiger charge is -2.04. The fraction of sp³-hybridized carbons (Fsp3) is 0.200. The maximum Gasteiger partial charge on any atom is 0.341 e. The zero-order chi connectivity index (χ0) is 10.6. The van der Waals surface area contributed by atoms with Gasteiger partial charge in [-0.05, 0) is 30.7 Å². The third-order valence-electron chi connectivity index (χ3n) is 1.73. The van der Waals surface area contributed by atoms with E-state index in [-0.39, 0.29) is 6.61 Å². The Kier molecular flexibility index (Phi) is 3.23. The van der Waals surface area contributed by atoms with Crippen LogP contribution in [-0.4, -0.2) is 24.0 Å². The second-order valence-electron chi connectivity index (χ2n) is 2.82. The van der Waals surface area contributed by atoms with Gasteiger partial charge in [-0.3, -0.25) is 4.79 Å². The van der Waals surface area contributed by atoms with E-state index in [2.05, 4.69) is 0 Å². The van der Waals surface area contributed by atoms with E-state index in [0.717, 1.165) is 11.8 Å². The van der Waals surface area contributed by atoms with Crippen LogP contribution < -0.4 is 4.74 Å². The molecule has 0 spiro atoms. The van der Waals surface area contributed by atoms with Crippen LogP contribution in [0.25, 0.3) is 0 Å². The first-order chi connectivity index (χ1) is 6.63. The molecule has 1 rings (SSSR count). The van der Waals surface area contributed by atoms with Gasteiger partial charge in [0.05, 0.1) is 0 Å². The van der Waals surface area contributed by atoms with E-state index in [1.807, 2.05) is 0 Å². The molecule has 0 fully saturated rings. The molecule has 0 bridgehead atoms. The van der Waals surface area contributed by atoms with Crippen LogP contribution in [0.15, 0.2) is 18.2 Å². The van der Waals surface area contributed by atoms with E-state index in [1.54, 1.807) is 25.1 Å². The van der Waals surface area contributed by atoms with Gasteiger partial charge in [-0.25, -0.2) is 4.79 Å². The largest absolute Gasteiger partial charge is 0.482 e. The van der Waals surface area contributed by atoms with Gasteiger partial charge in [0, 0.05) is 5.56 Å². The highest BCUT2D eigenvalue weighted by atomic mass is 16.5. The fourth-order valence-corrected chi connectivity index (χ4v) is 1.02. The highest BCUT2D eigenvalue weighted by molar-refractivity contribution is 5.77. The molecule has 0 aliphatic heterocycles. The lowest BCUT2D eigenvalue weighted by atomic mass is 10.1. The van der Waals surface area contributed by atoms with Crippen molar-refractivity contribution >= 4 is 12.3 Å². The second-order valence-corrected chi connectivity index (χ2v) is 2.82. The maximum atomic E-state index is 10.5. The van der Waals surface area contributed by atoms with Gasteiger partial charge in [-0.2, -0.15) is 0 Å². The number of ether oxygens (including phenoxy) is 1. The maximum absolute atomic E-state index is 10.5. The predicted molar refractivity (Wildman–Crippen MR) is 49.7 cm³/mol. The van der Waals surface area contributed by atoms with Crippen LogP contribution in [-0.2, 0) is 4.79 Å². The summed E-state index contributed by atoms with van der Waals surface area (Å²) in [7, 11) is 0. The lowest BCUT2D eigenvalue weighted by Crippen LogP contribution is -2.09. The molecule has 1 aromatic carbocycles. The van der Waals surface area contributed by atoms with Crippen LogP contribution in [0.5, 0.6) is 5.75 Å². The molecule has 1 N–H and O–H groups in total. The molecule has 0 heterocycles. The number of carboxylic acids is 1. The molecule has 0 atom stereocenters. The van der Waals surface area contributed by atoms with Gasteiger partial charge in [0.25, 0.3) is 0 Å². The average Bonchev–Trinajstić information content (AvgIpc) is 2.15. The summed E-state index contributed by atoms with van der Waals surface area (Å²) < 4.78 is 4.93. The topological polar surface area (TPSA) is 63.6 Å². The van der Waals surface area contributed by atoms with Crippen LogP contribution in [0.3, 0.4) is 0 Å². The number of hydrogen-bond donors (Lipinski definition) is 1. The molecule has 1 aromatic rings. The molecule has 74 valence electrons. The molecule has 0 unspecified atom stereocenters. The summed E-state index contributed by atoms with van der Waals surface area (Å²) in [6, 6.07) is 4.80. The van der Waals surface area contributed by atoms with E-state index in [9.17, 15) is 9.59 Å². The van der Waals surface area contributed by atoms with Crippen molar-refractivity contribution in [3.63, 3.8) is 0 Å². The van der Waals surface area contributed by atoms with E-state index in [1.165, 1.54) is 0 Å². The standard InChI is InChI=1S/C10H10O4/c1-7-4-9(14-6-10(12)13)3-2-8(7)5-11/h2-5H,6H2,1H3,(H,12,13). The Morgan fingerprint density at radius 2 is 2.29 bits per heavy atom. The van der Waals surface area contributed by atoms with Gasteiger partial charge in [-0.15, -0.1) is 0 Å². The molecule has 4 nitrogen and oxygen atoms in total. The van der Waals surface area contributed by atoms with Gasteiger partial charge >= 0.3 is 5.97 Å². The molecular weight excluding hydrogens is 184 g/mol. The summed E-state index contributed by atoms with van der Waals surface area (Å²) in [5, 5.41) is 8.36. The second kappa shape index (κ2) is 4.41. The summed E-state index contributed by atoms with van der Waals surface area (Å²) in [6.07, 6.45) is 0.746. The Labute approximate surface area is 81.1 Å². The van der Waals surface area contributed by atoms with Crippen LogP contribution in [0, 0.1) is 6.92 Å². The third kappa shape index (κ3) is 2.58. The van der Waals surface area contributed by atoms with E-state index < -0.39 is 5.97 Å². The van der Waals surface area contributed by atoms with Crippen LogP contribution in [0.2, 0.25) is 0 Å². The summed E-state index contributed by atoms with van der Waals surface area (Å²) in [4.78, 5) is 20.7. The number of aldehydes is 1. The van der Waals surface area contributed by atoms with Crippen molar-refractivity contribution in [1.29, 1.82) is 0 Å². The smallest absolute Gasteiger partial charge is 0.341 e. The van der Waals surface area contributed by atoms with E-state index in [4.69, 9.17) is 9.84 Å². The Morgan fingerprint density at radius 1 is 1.57 bits per heavy atom. The van der Waals surface area contributed by atoms with Crippen LogP contribution >= 0.6 is 0 Å². The van der Waals surface area contributed by atoms with Crippen molar-refractivity contribution in [3.8, 4) is 5.75 Å². The van der Waals surface area contributed by atoms with Crippen molar-refractivity contribution < 1.29 is 19.4 Å². The molecule has 4 heteroatoms. The lowest BCUT2D eigenvalue weighted by molar-refractivity contribution is -0.139. The molecule has 14 heavy (non-hydrogen) atoms. The number of aliphatic carboxylic acids is 1. The molecule has 0 radical (unpaired) electrons. The Morgan fingerprint density at radius 3 is 2.79 bits per heavy atom. The third-order valence-corrected chi connectivity index (χ3v) is 1.73. The molecule has 0 aliphatic carbocycles. The van der Waals surface area contributed by atoms with Gasteiger partial charge in [0.2, 0.25) is 0 Å². The molecule has 0 aliphatic rings. The normalized spacial score (nSPS) is 9.50. The number of aryl methyl sites for hydroxylation is 1. The first-order valence-electron chi connectivity index (χ1n) is 4.04. The first-order valence-corrected chi connectivity index (χ1v) is 4.04. The quantitative estimate of drug-likeness (QED) is 0.733. The zero-order valence-electron chi connectivity index (χ0n) is 7.69. The number of benzene rings is 1. The fourth-order valence-electron chi connectivity index (χ4n) is 1.02. The summed E-state index contributed by atoms with van der Waals surface area (Å²) in [5.74, 6) is -0.572. The summed E-state index contributed by atoms with van der Waals surface area (Å²) in [5.41, 5.74) is 1.34. The van der Waals surface area contributed by atoms with E-state index >= 15 is 0 Å². The highest BCUT2D eigenvalue weighted by Crippen LogP contribution is 2.15. The Bertz CT molecular complexity index is 357. The minimum atomic E-state index is -1.03. The molecule has 0 amide bonds. The Hall–Kier alpha value is -1.84. The van der Waals surface area contributed by atoms with Crippen molar-refractivity contribution in [2.75, 3.05) is 6.61 Å². The predicted octanol–water partition coefficient (Wildman–Crippen LogP) is 1.27. The van der Waals surface area contributed by atoms with Gasteiger partial charge in [-0.1, -0.05) is 0 Å². The number of carboxylic acid groups (broad SMARTS) is 1. The minimum Gasteiger partial charge on any atom is -0.482 e. The average molecular weight is 194 g/mol. The number of rotatable bonds is 4. The van der Waals surface area contributed by atoms with Crippen molar-refractivity contribution in [2.24, 2.45) is 0 Å². The number of hydrogen-bond acceptors (Lipinski definition) is 3. The van der Waals surface area contributed by atoms with Crippen LogP contribution in [0.4, 0.5) is 0 Å². The Balaban J connectivity index is 2.76. The number of carbonyl (C=O) groups is 2. The monoisotopic (exact) mass is 194 g/mol. The first kappa shape index (κ1) is 10.2. The van der Waals surface area contributed by atoms with Crippen molar-refractivity contribution in [3.05, 3.63) is 29.3 Å². The van der Waals surface area contributed by atoms with Crippen LogP contribution in [0.1, 0.15) is 15.9 Å². The number of carbonyl (C=O) groups excluding carboxylic acids is 1. The molecule has 0 aromatic heterocycles. The van der Waals surface area contributed by atoms with Crippen molar-refractivity contribution in [1.82, 2.24) is 0 Å². The molecule has 0 saturated carbocycles. The summed E-state index contributed by atoms with van der Waals surface area (Å²) >= 11 is 0. The SMILES string of the molecule is Cc1cc(OCC(=O)O)ccc1C=O. The van der Waals surface area contributed by atoms with Gasteiger partial charge < -0.3 is 9.84 Å². The summed E-state index contributed by atoms with van der Waals surface area (Å²) in [6.45, 7) is 1.39. The van der Waals surface area contributed by atoms with Gasteiger partial charge in [0.15, 0.2) is 6.61 Å². The molecule has 0 saturated heterocycles. The van der Waals surface area contributed by atoms with Gasteiger partial charge in [0.1, 0.15) is 12.0 Å². The van der Waals surface area contributed by atoms with Crippen molar-refractivity contribution in [2.45, 2.75) is 6.92 Å². The minimum absolute atomic E-state index is 0.375. The van der Waals surface area contributed by atoms with E-state index in [0.29, 0.717) is 11.3 Å². The molecular formula is C10H10O4.